The van der Waals surface area contributed by atoms with Crippen molar-refractivity contribution in [2.45, 2.75) is 19.3 Å². The molecular weight excluding hydrogens is 244 g/mol. The summed E-state index contributed by atoms with van der Waals surface area (Å²) in [6.07, 6.45) is 3.44. The Bertz CT molecular complexity index is 274. The van der Waals surface area contributed by atoms with Crippen molar-refractivity contribution in [3.05, 3.63) is 0 Å². The molecule has 1 saturated heterocycles. The number of rotatable bonds is 7. The number of piperazine rings is 1. The topological polar surface area (TPSA) is 42.0 Å². The van der Waals surface area contributed by atoms with E-state index in [1.54, 1.807) is 7.11 Å². The van der Waals surface area contributed by atoms with E-state index in [9.17, 15) is 4.79 Å². The van der Waals surface area contributed by atoms with Crippen LogP contribution in [0.25, 0.3) is 0 Å². The van der Waals surface area contributed by atoms with Gasteiger partial charge in [-0.15, -0.1) is 0 Å². The molecule has 1 aliphatic heterocycles. The maximum atomic E-state index is 12.1. The van der Waals surface area contributed by atoms with Gasteiger partial charge in [-0.3, -0.25) is 9.69 Å². The van der Waals surface area contributed by atoms with Crippen LogP contribution in [0, 0.1) is 5.92 Å². The Morgan fingerprint density at radius 2 is 1.84 bits per heavy atom. The standard InChI is InChI=1S/C14H26N2O3/c1-18-11-12-19-10-9-15-5-7-16(8-6-15)14(17)13-3-2-4-13/h13H,2-12H2,1H3. The molecule has 1 heterocycles. The monoisotopic (exact) mass is 270 g/mol. The average Bonchev–Trinajstić information content (AvgIpc) is 2.37. The van der Waals surface area contributed by atoms with E-state index in [1.807, 2.05) is 4.90 Å². The molecule has 0 unspecified atom stereocenters. The number of methoxy groups -OCH3 is 1. The van der Waals surface area contributed by atoms with Crippen molar-refractivity contribution in [3.8, 4) is 0 Å². The molecule has 0 N–H and O–H groups in total. The van der Waals surface area contributed by atoms with Gasteiger partial charge < -0.3 is 14.4 Å². The molecule has 1 amide bonds. The minimum atomic E-state index is 0.337. The van der Waals surface area contributed by atoms with Gasteiger partial charge in [-0.25, -0.2) is 0 Å². The molecule has 0 bridgehead atoms. The highest BCUT2D eigenvalue weighted by molar-refractivity contribution is 5.79. The zero-order chi connectivity index (χ0) is 13.5. The zero-order valence-electron chi connectivity index (χ0n) is 12.0. The van der Waals surface area contributed by atoms with E-state index in [0.29, 0.717) is 25.0 Å². The van der Waals surface area contributed by atoms with Crippen LogP contribution in [0.1, 0.15) is 19.3 Å². The van der Waals surface area contributed by atoms with Gasteiger partial charge in [0, 0.05) is 45.8 Å². The molecule has 0 radical (unpaired) electrons. The fraction of sp³-hybridized carbons (Fsp3) is 0.929. The molecule has 0 aromatic rings. The summed E-state index contributed by atoms with van der Waals surface area (Å²) in [7, 11) is 1.68. The summed E-state index contributed by atoms with van der Waals surface area (Å²) in [6.45, 7) is 6.74. The van der Waals surface area contributed by atoms with Gasteiger partial charge in [0.1, 0.15) is 0 Å². The SMILES string of the molecule is COCCOCCN1CCN(C(=O)C2CCC2)CC1. The van der Waals surface area contributed by atoms with Crippen LogP contribution in [0.15, 0.2) is 0 Å². The predicted molar refractivity (Wildman–Crippen MR) is 73.1 cm³/mol. The van der Waals surface area contributed by atoms with Gasteiger partial charge in [-0.2, -0.15) is 0 Å². The van der Waals surface area contributed by atoms with E-state index in [4.69, 9.17) is 9.47 Å². The number of amides is 1. The van der Waals surface area contributed by atoms with E-state index >= 15 is 0 Å². The highest BCUT2D eigenvalue weighted by atomic mass is 16.5. The van der Waals surface area contributed by atoms with Gasteiger partial charge in [0.15, 0.2) is 0 Å². The molecule has 0 atom stereocenters. The summed E-state index contributed by atoms with van der Waals surface area (Å²) in [5.41, 5.74) is 0. The van der Waals surface area contributed by atoms with Crippen LogP contribution in [0.5, 0.6) is 0 Å². The number of nitrogens with zero attached hydrogens (tertiary/aromatic N) is 2. The number of hydrogen-bond acceptors (Lipinski definition) is 4. The van der Waals surface area contributed by atoms with Gasteiger partial charge in [-0.1, -0.05) is 6.42 Å². The summed E-state index contributed by atoms with van der Waals surface area (Å²) < 4.78 is 10.4. The second-order valence-corrected chi connectivity index (χ2v) is 5.40. The van der Waals surface area contributed by atoms with Crippen LogP contribution in [0.4, 0.5) is 0 Å². The average molecular weight is 270 g/mol. The molecule has 0 aromatic carbocycles. The third-order valence-electron chi connectivity index (χ3n) is 4.12. The first-order valence-corrected chi connectivity index (χ1v) is 7.39. The molecule has 5 heteroatoms. The van der Waals surface area contributed by atoms with Crippen molar-refractivity contribution in [3.63, 3.8) is 0 Å². The summed E-state index contributed by atoms with van der Waals surface area (Å²) >= 11 is 0. The Morgan fingerprint density at radius 3 is 2.42 bits per heavy atom. The molecule has 2 rings (SSSR count). The highest BCUT2D eigenvalue weighted by Crippen LogP contribution is 2.28. The Kier molecular flexibility index (Phi) is 6.07. The van der Waals surface area contributed by atoms with Gasteiger partial charge in [0.25, 0.3) is 0 Å². The second kappa shape index (κ2) is 7.82. The van der Waals surface area contributed by atoms with E-state index in [0.717, 1.165) is 52.2 Å². The lowest BCUT2D eigenvalue weighted by Gasteiger charge is -2.38. The highest BCUT2D eigenvalue weighted by Gasteiger charge is 2.30. The van der Waals surface area contributed by atoms with Crippen LogP contribution in [-0.2, 0) is 14.3 Å². The fourth-order valence-corrected chi connectivity index (χ4v) is 2.54. The zero-order valence-corrected chi connectivity index (χ0v) is 12.0. The molecule has 110 valence electrons. The minimum absolute atomic E-state index is 0.337. The molecule has 5 nitrogen and oxygen atoms in total. The first-order valence-electron chi connectivity index (χ1n) is 7.39. The molecule has 1 aliphatic carbocycles. The Hall–Kier alpha value is -0.650. The smallest absolute Gasteiger partial charge is 0.225 e. The maximum Gasteiger partial charge on any atom is 0.225 e. The number of carbonyl (C=O) groups excluding carboxylic acids is 1. The molecule has 2 fully saturated rings. The maximum absolute atomic E-state index is 12.1. The largest absolute Gasteiger partial charge is 0.382 e. The van der Waals surface area contributed by atoms with Gasteiger partial charge in [0.05, 0.1) is 19.8 Å². The van der Waals surface area contributed by atoms with Crippen molar-refractivity contribution >= 4 is 5.91 Å². The van der Waals surface area contributed by atoms with Crippen molar-refractivity contribution in [1.82, 2.24) is 9.80 Å². The van der Waals surface area contributed by atoms with Gasteiger partial charge >= 0.3 is 0 Å². The van der Waals surface area contributed by atoms with Crippen LogP contribution in [-0.4, -0.2) is 75.4 Å². The predicted octanol–water partition coefficient (Wildman–Crippen LogP) is 0.594. The van der Waals surface area contributed by atoms with Crippen molar-refractivity contribution in [2.24, 2.45) is 5.92 Å². The molecular formula is C14H26N2O3. The summed E-state index contributed by atoms with van der Waals surface area (Å²) in [5, 5.41) is 0. The van der Waals surface area contributed by atoms with E-state index < -0.39 is 0 Å². The Morgan fingerprint density at radius 1 is 1.11 bits per heavy atom. The van der Waals surface area contributed by atoms with Gasteiger partial charge in [-0.05, 0) is 12.8 Å². The quantitative estimate of drug-likeness (QED) is 0.635. The molecule has 1 saturated carbocycles. The molecule has 2 aliphatic rings. The van der Waals surface area contributed by atoms with Gasteiger partial charge in [0.2, 0.25) is 5.91 Å². The number of hydrogen-bond donors (Lipinski definition) is 0. The second-order valence-electron chi connectivity index (χ2n) is 5.40. The summed E-state index contributed by atoms with van der Waals surface area (Å²) in [4.78, 5) is 16.5. The molecule has 0 aromatic heterocycles. The normalized spacial score (nSPS) is 21.4. The first-order chi connectivity index (χ1) is 9.31. The Balaban J connectivity index is 1.55. The van der Waals surface area contributed by atoms with Crippen LogP contribution in [0.3, 0.4) is 0 Å². The Labute approximate surface area is 115 Å². The lowest BCUT2D eigenvalue weighted by Crippen LogP contribution is -2.51. The summed E-state index contributed by atoms with van der Waals surface area (Å²) in [5.74, 6) is 0.728. The number of ether oxygens (including phenoxy) is 2. The lowest BCUT2D eigenvalue weighted by molar-refractivity contribution is -0.140. The van der Waals surface area contributed by atoms with E-state index in [-0.39, 0.29) is 0 Å². The summed E-state index contributed by atoms with van der Waals surface area (Å²) in [6, 6.07) is 0. The van der Waals surface area contributed by atoms with Crippen LogP contribution in [0.2, 0.25) is 0 Å². The van der Waals surface area contributed by atoms with Crippen LogP contribution < -0.4 is 0 Å². The third-order valence-corrected chi connectivity index (χ3v) is 4.12. The van der Waals surface area contributed by atoms with Crippen molar-refractivity contribution < 1.29 is 14.3 Å². The van der Waals surface area contributed by atoms with Crippen molar-refractivity contribution in [1.29, 1.82) is 0 Å². The molecule has 19 heavy (non-hydrogen) atoms. The number of carbonyl (C=O) groups is 1. The van der Waals surface area contributed by atoms with E-state index in [2.05, 4.69) is 4.90 Å². The van der Waals surface area contributed by atoms with E-state index in [1.165, 1.54) is 6.42 Å². The third kappa shape index (κ3) is 4.44. The first kappa shape index (κ1) is 14.8. The lowest BCUT2D eigenvalue weighted by atomic mass is 9.84. The molecule has 0 spiro atoms. The minimum Gasteiger partial charge on any atom is -0.382 e. The van der Waals surface area contributed by atoms with Crippen LogP contribution >= 0.6 is 0 Å². The fourth-order valence-electron chi connectivity index (χ4n) is 2.54. The van der Waals surface area contributed by atoms with Crippen molar-refractivity contribution in [2.75, 3.05) is 59.7 Å².